The molecule has 0 saturated carbocycles. The van der Waals surface area contributed by atoms with E-state index in [4.69, 9.17) is 0 Å². The second-order valence-electron chi connectivity index (χ2n) is 4.60. The van der Waals surface area contributed by atoms with E-state index in [0.717, 1.165) is 6.54 Å². The summed E-state index contributed by atoms with van der Waals surface area (Å²) in [6.07, 6.45) is 9.98. The molecule has 0 fully saturated rings. The lowest BCUT2D eigenvalue weighted by Crippen LogP contribution is -2.11. The smallest absolute Gasteiger partial charge is 0.0385 e. The number of aliphatic imine (C=N–C) groups is 1. The van der Waals surface area contributed by atoms with Gasteiger partial charge < -0.3 is 0 Å². The number of hydrogen-bond donors (Lipinski definition) is 0. The minimum atomic E-state index is 0.575. The van der Waals surface area contributed by atoms with Crippen molar-refractivity contribution in [1.29, 1.82) is 0 Å². The summed E-state index contributed by atoms with van der Waals surface area (Å²) < 4.78 is 0. The van der Waals surface area contributed by atoms with Crippen molar-refractivity contribution in [2.45, 2.75) is 52.4 Å². The molecule has 0 aromatic carbocycles. The molecule has 0 spiro atoms. The lowest BCUT2D eigenvalue weighted by atomic mass is 9.82. The lowest BCUT2D eigenvalue weighted by molar-refractivity contribution is 0.290. The maximum atomic E-state index is 4.36. The maximum absolute atomic E-state index is 4.36. The first kappa shape index (κ1) is 9.76. The van der Waals surface area contributed by atoms with Crippen molar-refractivity contribution in [3.05, 3.63) is 0 Å². The second kappa shape index (κ2) is 4.64. The molecular weight excluding hydrogens is 146 g/mol. The van der Waals surface area contributed by atoms with Crippen molar-refractivity contribution in [3.8, 4) is 0 Å². The van der Waals surface area contributed by atoms with Gasteiger partial charge in [-0.25, -0.2) is 0 Å². The first-order chi connectivity index (χ1) is 5.71. The van der Waals surface area contributed by atoms with Crippen LogP contribution in [-0.2, 0) is 0 Å². The molecule has 0 saturated heterocycles. The summed E-state index contributed by atoms with van der Waals surface area (Å²) in [5.41, 5.74) is 0.575. The van der Waals surface area contributed by atoms with Gasteiger partial charge in [0.1, 0.15) is 0 Å². The molecule has 0 aliphatic carbocycles. The van der Waals surface area contributed by atoms with Gasteiger partial charge in [0.2, 0.25) is 0 Å². The van der Waals surface area contributed by atoms with Gasteiger partial charge in [-0.2, -0.15) is 0 Å². The van der Waals surface area contributed by atoms with Gasteiger partial charge in [-0.05, 0) is 43.7 Å². The molecule has 0 amide bonds. The Labute approximate surface area is 76.3 Å². The highest BCUT2D eigenvalue weighted by molar-refractivity contribution is 5.56. The molecule has 0 atom stereocenters. The zero-order valence-corrected chi connectivity index (χ0v) is 8.47. The molecule has 0 radical (unpaired) electrons. The Kier molecular flexibility index (Phi) is 3.77. The van der Waals surface area contributed by atoms with Gasteiger partial charge in [-0.1, -0.05) is 20.3 Å². The summed E-state index contributed by atoms with van der Waals surface area (Å²) in [5, 5.41) is 0. The van der Waals surface area contributed by atoms with Crippen LogP contribution in [0.1, 0.15) is 52.4 Å². The van der Waals surface area contributed by atoms with E-state index in [1.54, 1.807) is 0 Å². The Morgan fingerprint density at radius 3 is 2.67 bits per heavy atom. The van der Waals surface area contributed by atoms with E-state index in [1.807, 2.05) is 0 Å². The number of nitrogens with zero attached hydrogens (tertiary/aromatic N) is 1. The molecule has 1 rings (SSSR count). The van der Waals surface area contributed by atoms with E-state index >= 15 is 0 Å². The minimum absolute atomic E-state index is 0.575. The van der Waals surface area contributed by atoms with Crippen molar-refractivity contribution in [2.24, 2.45) is 10.4 Å². The molecule has 1 aliphatic heterocycles. The van der Waals surface area contributed by atoms with Crippen LogP contribution >= 0.6 is 0 Å². The highest BCUT2D eigenvalue weighted by Crippen LogP contribution is 2.29. The zero-order chi connectivity index (χ0) is 8.86. The van der Waals surface area contributed by atoms with E-state index < -0.39 is 0 Å². The Morgan fingerprint density at radius 1 is 1.08 bits per heavy atom. The Morgan fingerprint density at radius 2 is 1.83 bits per heavy atom. The van der Waals surface area contributed by atoms with Crippen LogP contribution in [-0.4, -0.2) is 12.8 Å². The van der Waals surface area contributed by atoms with Crippen LogP contribution in [0.5, 0.6) is 0 Å². The van der Waals surface area contributed by atoms with E-state index in [0.29, 0.717) is 5.41 Å². The van der Waals surface area contributed by atoms with Crippen LogP contribution in [0.2, 0.25) is 0 Å². The molecule has 1 heteroatoms. The molecule has 12 heavy (non-hydrogen) atoms. The molecule has 0 bridgehead atoms. The van der Waals surface area contributed by atoms with Gasteiger partial charge in [0.05, 0.1) is 0 Å². The van der Waals surface area contributed by atoms with Crippen LogP contribution in [0.15, 0.2) is 4.99 Å². The van der Waals surface area contributed by atoms with Crippen LogP contribution in [0, 0.1) is 5.41 Å². The average Bonchev–Trinajstić information content (AvgIpc) is 2.02. The van der Waals surface area contributed by atoms with Gasteiger partial charge >= 0.3 is 0 Å². The number of hydrogen-bond acceptors (Lipinski definition) is 1. The summed E-state index contributed by atoms with van der Waals surface area (Å²) >= 11 is 0. The van der Waals surface area contributed by atoms with Gasteiger partial charge in [0.25, 0.3) is 0 Å². The zero-order valence-electron chi connectivity index (χ0n) is 8.47. The van der Waals surface area contributed by atoms with Gasteiger partial charge in [0.15, 0.2) is 0 Å². The third-order valence-corrected chi connectivity index (χ3v) is 2.71. The lowest BCUT2D eigenvalue weighted by Gasteiger charge is -2.24. The fourth-order valence-electron chi connectivity index (χ4n) is 1.79. The van der Waals surface area contributed by atoms with Crippen molar-refractivity contribution in [3.63, 3.8) is 0 Å². The molecule has 1 nitrogen and oxygen atoms in total. The third-order valence-electron chi connectivity index (χ3n) is 2.71. The summed E-state index contributed by atoms with van der Waals surface area (Å²) in [5.74, 6) is 0. The van der Waals surface area contributed by atoms with E-state index in [1.165, 1.54) is 38.5 Å². The maximum Gasteiger partial charge on any atom is 0.0385 e. The quantitative estimate of drug-likeness (QED) is 0.524. The van der Waals surface area contributed by atoms with Crippen LogP contribution in [0.25, 0.3) is 0 Å². The normalized spacial score (nSPS) is 27.8. The van der Waals surface area contributed by atoms with Crippen LogP contribution in [0.4, 0.5) is 0 Å². The molecule has 1 aliphatic rings. The first-order valence-corrected chi connectivity index (χ1v) is 5.19. The van der Waals surface area contributed by atoms with Gasteiger partial charge in [-0.15, -0.1) is 0 Å². The monoisotopic (exact) mass is 167 g/mol. The number of rotatable bonds is 0. The molecule has 1 heterocycles. The predicted octanol–water partition coefficient (Wildman–Crippen LogP) is 3.44. The third kappa shape index (κ3) is 3.89. The SMILES string of the molecule is CC1(C)CCC/C=N\CCCC1. The Balaban J connectivity index is 2.37. The molecular formula is C11H21N. The fourth-order valence-corrected chi connectivity index (χ4v) is 1.79. The minimum Gasteiger partial charge on any atom is -0.298 e. The second-order valence-corrected chi connectivity index (χ2v) is 4.60. The Bertz CT molecular complexity index is 147. The van der Waals surface area contributed by atoms with Crippen molar-refractivity contribution < 1.29 is 0 Å². The predicted molar refractivity (Wildman–Crippen MR) is 54.8 cm³/mol. The average molecular weight is 167 g/mol. The van der Waals surface area contributed by atoms with Crippen LogP contribution in [0.3, 0.4) is 0 Å². The highest BCUT2D eigenvalue weighted by Gasteiger charge is 2.16. The molecule has 0 aromatic rings. The first-order valence-electron chi connectivity index (χ1n) is 5.19. The topological polar surface area (TPSA) is 12.4 Å². The molecule has 0 N–H and O–H groups in total. The molecule has 0 unspecified atom stereocenters. The summed E-state index contributed by atoms with van der Waals surface area (Å²) in [4.78, 5) is 4.36. The molecule has 0 aromatic heterocycles. The molecule has 70 valence electrons. The van der Waals surface area contributed by atoms with Crippen molar-refractivity contribution in [2.75, 3.05) is 6.54 Å². The summed E-state index contributed by atoms with van der Waals surface area (Å²) in [7, 11) is 0. The Hall–Kier alpha value is -0.330. The van der Waals surface area contributed by atoms with Gasteiger partial charge in [0, 0.05) is 6.54 Å². The van der Waals surface area contributed by atoms with E-state index in [9.17, 15) is 0 Å². The summed E-state index contributed by atoms with van der Waals surface area (Å²) in [6, 6.07) is 0. The largest absolute Gasteiger partial charge is 0.298 e. The highest BCUT2D eigenvalue weighted by atomic mass is 14.7. The van der Waals surface area contributed by atoms with Crippen LogP contribution < -0.4 is 0 Å². The summed E-state index contributed by atoms with van der Waals surface area (Å²) in [6.45, 7) is 5.84. The standard InChI is InChI=1S/C11H21N/c1-11(2)7-3-5-9-12-10-6-4-8-11/h9H,3-8,10H2,1-2H3/b12-9-. The fraction of sp³-hybridized carbons (Fsp3) is 0.909. The van der Waals surface area contributed by atoms with Crippen molar-refractivity contribution >= 4 is 6.21 Å². The van der Waals surface area contributed by atoms with E-state index in [2.05, 4.69) is 25.1 Å². The van der Waals surface area contributed by atoms with Gasteiger partial charge in [-0.3, -0.25) is 4.99 Å². The van der Waals surface area contributed by atoms with E-state index in [-0.39, 0.29) is 0 Å². The van der Waals surface area contributed by atoms with Crippen molar-refractivity contribution in [1.82, 2.24) is 0 Å².